The summed E-state index contributed by atoms with van der Waals surface area (Å²) in [6.45, 7) is -2.90. The Bertz CT molecular complexity index is 569. The highest BCUT2D eigenvalue weighted by Gasteiger charge is 2.09. The minimum atomic E-state index is -2.90. The van der Waals surface area contributed by atoms with Crippen molar-refractivity contribution in [1.29, 1.82) is 0 Å². The van der Waals surface area contributed by atoms with Gasteiger partial charge in [0, 0.05) is 12.3 Å². The zero-order chi connectivity index (χ0) is 13.1. The summed E-state index contributed by atoms with van der Waals surface area (Å²) < 4.78 is 29.7. The lowest BCUT2D eigenvalue weighted by atomic mass is 10.3. The van der Waals surface area contributed by atoms with Crippen LogP contribution in [0, 0.1) is 0 Å². The molecule has 7 heteroatoms. The van der Waals surface area contributed by atoms with Gasteiger partial charge >= 0.3 is 12.6 Å². The fourth-order valence-corrected chi connectivity index (χ4v) is 1.39. The largest absolute Gasteiger partial charge is 0.476 e. The molecule has 1 heterocycles. The third-order valence-corrected chi connectivity index (χ3v) is 2.14. The number of benzene rings is 1. The van der Waals surface area contributed by atoms with Crippen LogP contribution in [0.1, 0.15) is 10.5 Å². The summed E-state index contributed by atoms with van der Waals surface area (Å²) in [4.78, 5) is 14.3. The standard InChI is InChI=1S/C11H8F2N2O3/c12-11(13)18-8-3-1-2-7(4-8)15-5-9(10(16)17)14-6-15/h1-6,11H,(H,16,17). The van der Waals surface area contributed by atoms with Crippen LogP contribution in [0.4, 0.5) is 8.78 Å². The number of hydrogen-bond acceptors (Lipinski definition) is 3. The van der Waals surface area contributed by atoms with E-state index in [1.165, 1.54) is 35.3 Å². The molecule has 0 amide bonds. The molecule has 0 spiro atoms. The maximum atomic E-state index is 12.0. The van der Waals surface area contributed by atoms with Gasteiger partial charge in [-0.1, -0.05) is 6.07 Å². The molecule has 0 aliphatic heterocycles. The number of imidazole rings is 1. The Kier molecular flexibility index (Phi) is 3.22. The second-order valence-corrected chi connectivity index (χ2v) is 3.35. The number of hydrogen-bond donors (Lipinski definition) is 1. The Hall–Kier alpha value is -2.44. The van der Waals surface area contributed by atoms with Crippen molar-refractivity contribution < 1.29 is 23.4 Å². The van der Waals surface area contributed by atoms with E-state index in [4.69, 9.17) is 5.11 Å². The summed E-state index contributed by atoms with van der Waals surface area (Å²) in [6, 6.07) is 5.88. The normalized spacial score (nSPS) is 10.6. The topological polar surface area (TPSA) is 64.3 Å². The van der Waals surface area contributed by atoms with Crippen LogP contribution in [-0.4, -0.2) is 27.2 Å². The van der Waals surface area contributed by atoms with Crippen molar-refractivity contribution in [2.75, 3.05) is 0 Å². The summed E-state index contributed by atoms with van der Waals surface area (Å²) in [5.41, 5.74) is 0.350. The number of halogens is 2. The number of carboxylic acid groups (broad SMARTS) is 1. The van der Waals surface area contributed by atoms with E-state index in [9.17, 15) is 13.6 Å². The summed E-state index contributed by atoms with van der Waals surface area (Å²) in [6.07, 6.45) is 2.56. The average Bonchev–Trinajstić information content (AvgIpc) is 2.77. The summed E-state index contributed by atoms with van der Waals surface area (Å²) >= 11 is 0. The van der Waals surface area contributed by atoms with Crippen LogP contribution in [-0.2, 0) is 0 Å². The number of aromatic carboxylic acids is 1. The van der Waals surface area contributed by atoms with Gasteiger partial charge in [0.05, 0.1) is 5.69 Å². The van der Waals surface area contributed by atoms with Crippen LogP contribution >= 0.6 is 0 Å². The van der Waals surface area contributed by atoms with Gasteiger partial charge in [0.25, 0.3) is 0 Å². The van der Waals surface area contributed by atoms with Gasteiger partial charge in [0.1, 0.15) is 12.1 Å². The highest BCUT2D eigenvalue weighted by molar-refractivity contribution is 5.85. The molecule has 0 atom stereocenters. The molecule has 18 heavy (non-hydrogen) atoms. The van der Waals surface area contributed by atoms with Crippen LogP contribution in [0.25, 0.3) is 5.69 Å². The van der Waals surface area contributed by atoms with E-state index in [2.05, 4.69) is 9.72 Å². The third kappa shape index (κ3) is 2.62. The molecule has 0 saturated carbocycles. The smallest absolute Gasteiger partial charge is 0.387 e. The van der Waals surface area contributed by atoms with Crippen molar-refractivity contribution in [3.8, 4) is 11.4 Å². The maximum absolute atomic E-state index is 12.0. The van der Waals surface area contributed by atoms with Gasteiger partial charge in [0.15, 0.2) is 5.69 Å². The van der Waals surface area contributed by atoms with Gasteiger partial charge in [-0.05, 0) is 12.1 Å². The number of carboxylic acids is 1. The fourth-order valence-electron chi connectivity index (χ4n) is 1.39. The van der Waals surface area contributed by atoms with Crippen molar-refractivity contribution >= 4 is 5.97 Å². The van der Waals surface area contributed by atoms with Gasteiger partial charge in [-0.15, -0.1) is 0 Å². The number of rotatable bonds is 4. The quantitative estimate of drug-likeness (QED) is 0.908. The Balaban J connectivity index is 2.29. The Morgan fingerprint density at radius 2 is 2.22 bits per heavy atom. The van der Waals surface area contributed by atoms with Gasteiger partial charge in [-0.25, -0.2) is 9.78 Å². The number of alkyl halides is 2. The van der Waals surface area contributed by atoms with Gasteiger partial charge in [-0.3, -0.25) is 0 Å². The van der Waals surface area contributed by atoms with Crippen LogP contribution in [0.15, 0.2) is 36.8 Å². The summed E-state index contributed by atoms with van der Waals surface area (Å²) in [7, 11) is 0. The first-order valence-electron chi connectivity index (χ1n) is 4.89. The minimum Gasteiger partial charge on any atom is -0.476 e. The number of aromatic nitrogens is 2. The molecule has 1 aromatic carbocycles. The van der Waals surface area contributed by atoms with Crippen molar-refractivity contribution in [3.63, 3.8) is 0 Å². The lowest BCUT2D eigenvalue weighted by Gasteiger charge is -2.06. The van der Waals surface area contributed by atoms with Crippen LogP contribution < -0.4 is 4.74 Å². The molecule has 1 aromatic heterocycles. The second-order valence-electron chi connectivity index (χ2n) is 3.35. The van der Waals surface area contributed by atoms with Crippen molar-refractivity contribution in [3.05, 3.63) is 42.5 Å². The first-order valence-corrected chi connectivity index (χ1v) is 4.89. The van der Waals surface area contributed by atoms with Crippen LogP contribution in [0.5, 0.6) is 5.75 Å². The predicted octanol–water partition coefficient (Wildman–Crippen LogP) is 2.17. The predicted molar refractivity (Wildman–Crippen MR) is 57.2 cm³/mol. The molecular formula is C11H8F2N2O3. The second kappa shape index (κ2) is 4.82. The SMILES string of the molecule is O=C(O)c1cn(-c2cccc(OC(F)F)c2)cn1. The summed E-state index contributed by atoms with van der Waals surface area (Å²) in [5, 5.41) is 8.72. The van der Waals surface area contributed by atoms with E-state index in [1.54, 1.807) is 6.07 Å². The molecule has 2 rings (SSSR count). The van der Waals surface area contributed by atoms with E-state index in [-0.39, 0.29) is 11.4 Å². The van der Waals surface area contributed by atoms with Crippen LogP contribution in [0.3, 0.4) is 0 Å². The molecule has 0 aliphatic rings. The first kappa shape index (κ1) is 12.0. The van der Waals surface area contributed by atoms with Crippen molar-refractivity contribution in [2.45, 2.75) is 6.61 Å². The molecule has 5 nitrogen and oxygen atoms in total. The molecule has 0 aliphatic carbocycles. The number of ether oxygens (including phenoxy) is 1. The fraction of sp³-hybridized carbons (Fsp3) is 0.0909. The van der Waals surface area contributed by atoms with E-state index in [0.29, 0.717) is 5.69 Å². The monoisotopic (exact) mass is 254 g/mol. The van der Waals surface area contributed by atoms with Gasteiger partial charge in [0.2, 0.25) is 0 Å². The number of nitrogens with zero attached hydrogens (tertiary/aromatic N) is 2. The molecule has 0 saturated heterocycles. The molecule has 1 N–H and O–H groups in total. The highest BCUT2D eigenvalue weighted by atomic mass is 19.3. The number of carbonyl (C=O) groups is 1. The summed E-state index contributed by atoms with van der Waals surface area (Å²) in [5.74, 6) is -1.16. The first-order chi connectivity index (χ1) is 8.56. The molecule has 0 fully saturated rings. The molecule has 2 aromatic rings. The molecular weight excluding hydrogens is 246 g/mol. The molecule has 94 valence electrons. The minimum absolute atomic E-state index is 0.00641. The Labute approximate surface area is 100 Å². The zero-order valence-electron chi connectivity index (χ0n) is 8.96. The Morgan fingerprint density at radius 1 is 1.44 bits per heavy atom. The molecule has 0 radical (unpaired) electrons. The molecule has 0 bridgehead atoms. The third-order valence-electron chi connectivity index (χ3n) is 2.14. The van der Waals surface area contributed by atoms with E-state index in [1.807, 2.05) is 0 Å². The molecule has 0 unspecified atom stereocenters. The lowest BCUT2D eigenvalue weighted by Crippen LogP contribution is -2.02. The highest BCUT2D eigenvalue weighted by Crippen LogP contribution is 2.18. The van der Waals surface area contributed by atoms with Crippen molar-refractivity contribution in [2.24, 2.45) is 0 Å². The Morgan fingerprint density at radius 3 is 2.83 bits per heavy atom. The van der Waals surface area contributed by atoms with Gasteiger partial charge < -0.3 is 14.4 Å². The van der Waals surface area contributed by atoms with Crippen LogP contribution in [0.2, 0.25) is 0 Å². The van der Waals surface area contributed by atoms with Crippen molar-refractivity contribution in [1.82, 2.24) is 9.55 Å². The van der Waals surface area contributed by atoms with Gasteiger partial charge in [-0.2, -0.15) is 8.78 Å². The van der Waals surface area contributed by atoms with E-state index in [0.717, 1.165) is 0 Å². The van der Waals surface area contributed by atoms with E-state index >= 15 is 0 Å². The zero-order valence-corrected chi connectivity index (χ0v) is 8.96. The van der Waals surface area contributed by atoms with E-state index < -0.39 is 12.6 Å². The average molecular weight is 254 g/mol. The maximum Gasteiger partial charge on any atom is 0.387 e. The lowest BCUT2D eigenvalue weighted by molar-refractivity contribution is -0.0498.